The van der Waals surface area contributed by atoms with Crippen LogP contribution in [0.5, 0.6) is 0 Å². The molecule has 0 spiro atoms. The molecule has 0 unspecified atom stereocenters. The molecule has 3 N–H and O–H groups in total. The molecule has 2 aromatic carbocycles. The molecule has 3 aromatic rings. The van der Waals surface area contributed by atoms with Crippen LogP contribution in [0.15, 0.2) is 67.0 Å². The molecule has 0 atom stereocenters. The zero-order valence-corrected chi connectivity index (χ0v) is 16.0. The third-order valence-electron chi connectivity index (χ3n) is 4.00. The predicted octanol–water partition coefficient (Wildman–Crippen LogP) is 4.24. The monoisotopic (exact) mass is 388 g/mol. The molecule has 1 aromatic heterocycles. The number of benzene rings is 2. The number of nitrogens with zero attached hydrogens (tertiary/aromatic N) is 1. The van der Waals surface area contributed by atoms with Crippen LogP contribution in [0.2, 0.25) is 0 Å². The van der Waals surface area contributed by atoms with E-state index in [0.29, 0.717) is 28.2 Å². The van der Waals surface area contributed by atoms with Gasteiger partial charge < -0.3 is 16.0 Å². The maximum Gasteiger partial charge on any atom is 0.257 e. The zero-order chi connectivity index (χ0) is 20.8. The van der Waals surface area contributed by atoms with Crippen LogP contribution in [0.1, 0.15) is 34.6 Å². The van der Waals surface area contributed by atoms with E-state index in [1.807, 2.05) is 6.07 Å². The molecule has 2 amide bonds. The number of carbonyl (C=O) groups excluding carboxylic acids is 3. The molecule has 0 aliphatic carbocycles. The predicted molar refractivity (Wildman–Crippen MR) is 113 cm³/mol. The van der Waals surface area contributed by atoms with Gasteiger partial charge in [0, 0.05) is 35.7 Å². The Kier molecular flexibility index (Phi) is 5.99. The molecule has 7 nitrogen and oxygen atoms in total. The summed E-state index contributed by atoms with van der Waals surface area (Å²) in [4.78, 5) is 39.4. The largest absolute Gasteiger partial charge is 0.354 e. The number of hydrogen-bond donors (Lipinski definition) is 3. The number of hydrogen-bond acceptors (Lipinski definition) is 5. The highest BCUT2D eigenvalue weighted by molar-refractivity contribution is 6.05. The second kappa shape index (κ2) is 8.79. The smallest absolute Gasteiger partial charge is 0.257 e. The fourth-order valence-corrected chi connectivity index (χ4v) is 2.70. The Morgan fingerprint density at radius 1 is 0.724 bits per heavy atom. The highest BCUT2D eigenvalue weighted by Crippen LogP contribution is 2.20. The molecule has 146 valence electrons. The summed E-state index contributed by atoms with van der Waals surface area (Å²) < 4.78 is 0. The first-order valence-electron chi connectivity index (χ1n) is 8.93. The van der Waals surface area contributed by atoms with Crippen LogP contribution in [0.25, 0.3) is 0 Å². The van der Waals surface area contributed by atoms with E-state index < -0.39 is 0 Å². The van der Waals surface area contributed by atoms with E-state index in [2.05, 4.69) is 20.9 Å². The number of nitrogens with one attached hydrogen (secondary N) is 3. The fourth-order valence-electron chi connectivity index (χ4n) is 2.70. The van der Waals surface area contributed by atoms with E-state index in [0.717, 1.165) is 5.69 Å². The van der Waals surface area contributed by atoms with Crippen molar-refractivity contribution in [1.29, 1.82) is 0 Å². The Balaban J connectivity index is 1.73. The van der Waals surface area contributed by atoms with Crippen molar-refractivity contribution >= 4 is 40.3 Å². The summed E-state index contributed by atoms with van der Waals surface area (Å²) in [6.45, 7) is 2.92. The van der Waals surface area contributed by atoms with Crippen molar-refractivity contribution in [2.45, 2.75) is 13.8 Å². The minimum atomic E-state index is -0.335. The van der Waals surface area contributed by atoms with Crippen LogP contribution < -0.4 is 16.0 Å². The first-order valence-corrected chi connectivity index (χ1v) is 8.93. The lowest BCUT2D eigenvalue weighted by Gasteiger charge is -2.10. The van der Waals surface area contributed by atoms with Gasteiger partial charge in [0.05, 0.1) is 17.4 Å². The van der Waals surface area contributed by atoms with E-state index in [9.17, 15) is 14.4 Å². The Labute approximate surface area is 168 Å². The first-order chi connectivity index (χ1) is 13.9. The minimum Gasteiger partial charge on any atom is -0.354 e. The van der Waals surface area contributed by atoms with Gasteiger partial charge in [-0.25, -0.2) is 0 Å². The van der Waals surface area contributed by atoms with Gasteiger partial charge in [0.15, 0.2) is 5.78 Å². The maximum absolute atomic E-state index is 12.6. The van der Waals surface area contributed by atoms with Crippen molar-refractivity contribution in [2.24, 2.45) is 0 Å². The molecular formula is C22H20N4O3. The molecule has 1 heterocycles. The van der Waals surface area contributed by atoms with Gasteiger partial charge in [-0.15, -0.1) is 0 Å². The highest BCUT2D eigenvalue weighted by Gasteiger charge is 2.09. The summed E-state index contributed by atoms with van der Waals surface area (Å²) in [7, 11) is 0. The van der Waals surface area contributed by atoms with E-state index in [4.69, 9.17) is 0 Å². The molecule has 0 bridgehead atoms. The van der Waals surface area contributed by atoms with Crippen LogP contribution in [-0.2, 0) is 4.79 Å². The van der Waals surface area contributed by atoms with Gasteiger partial charge in [-0.1, -0.05) is 18.2 Å². The van der Waals surface area contributed by atoms with Crippen LogP contribution in [0.3, 0.4) is 0 Å². The summed E-state index contributed by atoms with van der Waals surface area (Å²) in [5.41, 5.74) is 3.44. The van der Waals surface area contributed by atoms with Gasteiger partial charge in [0.1, 0.15) is 0 Å². The molecule has 0 aliphatic heterocycles. The second-order valence-electron chi connectivity index (χ2n) is 6.44. The van der Waals surface area contributed by atoms with Crippen molar-refractivity contribution < 1.29 is 14.4 Å². The lowest BCUT2D eigenvalue weighted by Crippen LogP contribution is -2.13. The van der Waals surface area contributed by atoms with Crippen LogP contribution in [0, 0.1) is 0 Å². The minimum absolute atomic E-state index is 0.0265. The van der Waals surface area contributed by atoms with Gasteiger partial charge in [-0.3, -0.25) is 19.4 Å². The van der Waals surface area contributed by atoms with Crippen LogP contribution in [0.4, 0.5) is 22.7 Å². The van der Waals surface area contributed by atoms with Gasteiger partial charge in [0.2, 0.25) is 5.91 Å². The third-order valence-corrected chi connectivity index (χ3v) is 4.00. The third kappa shape index (κ3) is 5.49. The van der Waals surface area contributed by atoms with E-state index in [-0.39, 0.29) is 17.6 Å². The number of aromatic nitrogens is 1. The molecule has 3 rings (SSSR count). The van der Waals surface area contributed by atoms with Crippen molar-refractivity contribution in [3.63, 3.8) is 0 Å². The summed E-state index contributed by atoms with van der Waals surface area (Å²) >= 11 is 0. The Bertz CT molecular complexity index is 1080. The Morgan fingerprint density at radius 2 is 1.38 bits per heavy atom. The summed E-state index contributed by atoms with van der Waals surface area (Å²) in [6, 6.07) is 15.6. The maximum atomic E-state index is 12.6. The number of ketones is 1. The van der Waals surface area contributed by atoms with Gasteiger partial charge in [-0.05, 0) is 43.3 Å². The number of Topliss-reactive ketones (excluding diaryl/α,β-unsaturated/α-hetero) is 1. The average Bonchev–Trinajstić information content (AvgIpc) is 2.68. The number of amides is 2. The summed E-state index contributed by atoms with van der Waals surface area (Å²) in [6.07, 6.45) is 3.05. The molecule has 0 saturated carbocycles. The summed E-state index contributed by atoms with van der Waals surface area (Å²) in [5.74, 6) is -0.551. The number of rotatable bonds is 6. The lowest BCUT2D eigenvalue weighted by atomic mass is 10.1. The Hall–Kier alpha value is -4.00. The molecular weight excluding hydrogens is 368 g/mol. The molecule has 0 aliphatic rings. The number of anilines is 4. The standard InChI is InChI=1S/C22H20N4O3/c1-14(27)16-5-3-6-18(9-16)25-21-10-17(12-23-13-21)22(29)26-20-8-4-7-19(11-20)24-15(2)28/h3-13,25H,1-2H3,(H,24,28)(H,26,29). The Morgan fingerprint density at radius 3 is 2.10 bits per heavy atom. The average molecular weight is 388 g/mol. The molecule has 0 fully saturated rings. The van der Waals surface area contributed by atoms with Crippen LogP contribution >= 0.6 is 0 Å². The van der Waals surface area contributed by atoms with E-state index >= 15 is 0 Å². The molecule has 7 heteroatoms. The van der Waals surface area contributed by atoms with Crippen molar-refractivity contribution in [3.8, 4) is 0 Å². The fraction of sp³-hybridized carbons (Fsp3) is 0.0909. The normalized spacial score (nSPS) is 10.1. The highest BCUT2D eigenvalue weighted by atomic mass is 16.2. The number of pyridine rings is 1. The zero-order valence-electron chi connectivity index (χ0n) is 16.0. The molecule has 29 heavy (non-hydrogen) atoms. The molecule has 0 radical (unpaired) electrons. The van der Waals surface area contributed by atoms with E-state index in [1.165, 1.54) is 20.0 Å². The van der Waals surface area contributed by atoms with Crippen molar-refractivity contribution in [3.05, 3.63) is 78.1 Å². The van der Waals surface area contributed by atoms with Crippen molar-refractivity contribution in [2.75, 3.05) is 16.0 Å². The lowest BCUT2D eigenvalue weighted by molar-refractivity contribution is -0.114. The summed E-state index contributed by atoms with van der Waals surface area (Å²) in [5, 5.41) is 8.60. The quantitative estimate of drug-likeness (QED) is 0.549. The second-order valence-corrected chi connectivity index (χ2v) is 6.44. The van der Waals surface area contributed by atoms with Crippen molar-refractivity contribution in [1.82, 2.24) is 4.98 Å². The SMILES string of the molecule is CC(=O)Nc1cccc(NC(=O)c2cncc(Nc3cccc(C(C)=O)c3)c2)c1. The molecule has 0 saturated heterocycles. The van der Waals surface area contributed by atoms with E-state index in [1.54, 1.807) is 54.7 Å². The topological polar surface area (TPSA) is 100 Å². The van der Waals surface area contributed by atoms with Gasteiger partial charge in [0.25, 0.3) is 5.91 Å². The van der Waals surface area contributed by atoms with Gasteiger partial charge in [-0.2, -0.15) is 0 Å². The number of carbonyl (C=O) groups is 3. The van der Waals surface area contributed by atoms with Gasteiger partial charge >= 0.3 is 0 Å². The first kappa shape index (κ1) is 19.8. The van der Waals surface area contributed by atoms with Crippen LogP contribution in [-0.4, -0.2) is 22.6 Å².